The molecule has 17 heavy (non-hydrogen) atoms. The fourth-order valence-corrected chi connectivity index (χ4v) is 1.65. The van der Waals surface area contributed by atoms with Crippen LogP contribution in [-0.4, -0.2) is 24.2 Å². The summed E-state index contributed by atoms with van der Waals surface area (Å²) >= 11 is 6.09. The quantitative estimate of drug-likeness (QED) is 0.839. The summed E-state index contributed by atoms with van der Waals surface area (Å²) < 4.78 is 10.1. The van der Waals surface area contributed by atoms with Gasteiger partial charge < -0.3 is 9.47 Å². The summed E-state index contributed by atoms with van der Waals surface area (Å²) in [5.41, 5.74) is 1.51. The number of methoxy groups -OCH3 is 2. The third kappa shape index (κ3) is 2.31. The molecule has 2 aromatic rings. The van der Waals surface area contributed by atoms with Gasteiger partial charge in [0, 0.05) is 16.8 Å². The van der Waals surface area contributed by atoms with E-state index in [2.05, 4.69) is 16.0 Å². The van der Waals surface area contributed by atoms with Crippen molar-refractivity contribution in [2.45, 2.75) is 0 Å². The standard InChI is InChI=1S/C12H10ClN2O2/c1-16-11-9(7-14-12(15-11)17-2)8-5-3-4-6-10(8)13/h3,5-7H,1-2H3. The van der Waals surface area contributed by atoms with E-state index in [1.165, 1.54) is 14.2 Å². The van der Waals surface area contributed by atoms with E-state index in [0.29, 0.717) is 16.5 Å². The van der Waals surface area contributed by atoms with Gasteiger partial charge in [-0.1, -0.05) is 23.7 Å². The Balaban J connectivity index is 2.56. The van der Waals surface area contributed by atoms with Gasteiger partial charge in [-0.25, -0.2) is 4.98 Å². The normalized spacial score (nSPS) is 10.1. The second-order valence-electron chi connectivity index (χ2n) is 3.19. The third-order valence-corrected chi connectivity index (χ3v) is 2.52. The van der Waals surface area contributed by atoms with Crippen LogP contribution in [0.4, 0.5) is 0 Å². The lowest BCUT2D eigenvalue weighted by molar-refractivity contribution is 0.353. The van der Waals surface area contributed by atoms with Crippen molar-refractivity contribution in [1.29, 1.82) is 0 Å². The molecule has 0 saturated heterocycles. The highest BCUT2D eigenvalue weighted by atomic mass is 35.5. The highest BCUT2D eigenvalue weighted by Crippen LogP contribution is 2.33. The number of halogens is 1. The van der Waals surface area contributed by atoms with E-state index < -0.39 is 0 Å². The lowest BCUT2D eigenvalue weighted by Crippen LogP contribution is -1.97. The molecule has 0 fully saturated rings. The maximum absolute atomic E-state index is 6.09. The zero-order valence-electron chi connectivity index (χ0n) is 9.40. The Bertz CT molecular complexity index is 532. The van der Waals surface area contributed by atoms with Gasteiger partial charge in [0.25, 0.3) is 0 Å². The molecule has 0 amide bonds. The van der Waals surface area contributed by atoms with Crippen LogP contribution in [0.15, 0.2) is 24.4 Å². The van der Waals surface area contributed by atoms with Crippen molar-refractivity contribution in [3.8, 4) is 23.0 Å². The van der Waals surface area contributed by atoms with Crippen molar-refractivity contribution < 1.29 is 9.47 Å². The molecular weight excluding hydrogens is 240 g/mol. The molecule has 0 aliphatic heterocycles. The average molecular weight is 250 g/mol. The Morgan fingerprint density at radius 1 is 1.24 bits per heavy atom. The van der Waals surface area contributed by atoms with Crippen molar-refractivity contribution in [1.82, 2.24) is 9.97 Å². The first kappa shape index (κ1) is 11.7. The number of nitrogens with zero attached hydrogens (tertiary/aromatic N) is 2. The zero-order valence-corrected chi connectivity index (χ0v) is 10.2. The first-order valence-electron chi connectivity index (χ1n) is 4.87. The summed E-state index contributed by atoms with van der Waals surface area (Å²) in [6.07, 6.45) is 1.62. The summed E-state index contributed by atoms with van der Waals surface area (Å²) in [5, 5.41) is 0.569. The SMILES string of the molecule is COc1ncc(-c2cc[c]cc2Cl)c(OC)n1. The van der Waals surface area contributed by atoms with Crippen LogP contribution in [0.1, 0.15) is 0 Å². The average Bonchev–Trinajstić information content (AvgIpc) is 2.38. The van der Waals surface area contributed by atoms with Gasteiger partial charge in [-0.2, -0.15) is 4.98 Å². The van der Waals surface area contributed by atoms with E-state index in [4.69, 9.17) is 21.1 Å². The monoisotopic (exact) mass is 249 g/mol. The Morgan fingerprint density at radius 2 is 2.06 bits per heavy atom. The number of aromatic nitrogens is 2. The molecule has 0 N–H and O–H groups in total. The highest BCUT2D eigenvalue weighted by Gasteiger charge is 2.12. The molecule has 4 nitrogen and oxygen atoms in total. The van der Waals surface area contributed by atoms with Crippen LogP contribution in [0.25, 0.3) is 11.1 Å². The summed E-state index contributed by atoms with van der Waals surface area (Å²) in [6.45, 7) is 0. The van der Waals surface area contributed by atoms with E-state index in [9.17, 15) is 0 Å². The van der Waals surface area contributed by atoms with Gasteiger partial charge in [-0.15, -0.1) is 0 Å². The summed E-state index contributed by atoms with van der Waals surface area (Å²) in [5.74, 6) is 0.421. The van der Waals surface area contributed by atoms with E-state index in [-0.39, 0.29) is 6.01 Å². The molecule has 1 radical (unpaired) electrons. The molecule has 0 aliphatic carbocycles. The number of hydrogen-bond acceptors (Lipinski definition) is 4. The van der Waals surface area contributed by atoms with Gasteiger partial charge in [0.1, 0.15) is 0 Å². The number of benzene rings is 1. The Morgan fingerprint density at radius 3 is 2.71 bits per heavy atom. The topological polar surface area (TPSA) is 44.2 Å². The van der Waals surface area contributed by atoms with Crippen LogP contribution >= 0.6 is 11.6 Å². The minimum Gasteiger partial charge on any atom is -0.480 e. The second kappa shape index (κ2) is 5.01. The van der Waals surface area contributed by atoms with Gasteiger partial charge in [-0.05, 0) is 12.1 Å². The summed E-state index contributed by atoms with van der Waals surface area (Å²) in [6, 6.07) is 8.43. The maximum atomic E-state index is 6.09. The summed E-state index contributed by atoms with van der Waals surface area (Å²) in [4.78, 5) is 8.14. The molecule has 0 unspecified atom stereocenters. The van der Waals surface area contributed by atoms with Gasteiger partial charge in [0.05, 0.1) is 19.8 Å². The van der Waals surface area contributed by atoms with Gasteiger partial charge in [-0.3, -0.25) is 0 Å². The molecule has 5 heteroatoms. The molecule has 0 saturated carbocycles. The molecule has 1 heterocycles. The number of hydrogen-bond donors (Lipinski definition) is 0. The predicted molar refractivity (Wildman–Crippen MR) is 64.4 cm³/mol. The summed E-state index contributed by atoms with van der Waals surface area (Å²) in [7, 11) is 3.03. The lowest BCUT2D eigenvalue weighted by atomic mass is 10.1. The fraction of sp³-hybridized carbons (Fsp3) is 0.167. The first-order chi connectivity index (χ1) is 8.26. The molecule has 0 aliphatic rings. The molecule has 2 rings (SSSR count). The minimum absolute atomic E-state index is 0.254. The zero-order chi connectivity index (χ0) is 12.3. The largest absolute Gasteiger partial charge is 0.480 e. The van der Waals surface area contributed by atoms with Crippen molar-refractivity contribution in [2.75, 3.05) is 14.2 Å². The minimum atomic E-state index is 0.254. The van der Waals surface area contributed by atoms with E-state index in [1.54, 1.807) is 18.3 Å². The highest BCUT2D eigenvalue weighted by molar-refractivity contribution is 6.33. The van der Waals surface area contributed by atoms with Crippen LogP contribution in [0, 0.1) is 6.07 Å². The van der Waals surface area contributed by atoms with E-state index in [0.717, 1.165) is 5.56 Å². The van der Waals surface area contributed by atoms with Crippen LogP contribution in [0.3, 0.4) is 0 Å². The predicted octanol–water partition coefficient (Wildman–Crippen LogP) is 2.61. The van der Waals surface area contributed by atoms with Gasteiger partial charge >= 0.3 is 6.01 Å². The van der Waals surface area contributed by atoms with E-state index >= 15 is 0 Å². The molecule has 0 spiro atoms. The molecule has 1 aromatic carbocycles. The Kier molecular flexibility index (Phi) is 3.44. The second-order valence-corrected chi connectivity index (χ2v) is 3.59. The lowest BCUT2D eigenvalue weighted by Gasteiger charge is -2.09. The number of ether oxygens (including phenoxy) is 2. The smallest absolute Gasteiger partial charge is 0.319 e. The molecular formula is C12H10ClN2O2. The van der Waals surface area contributed by atoms with Crippen molar-refractivity contribution in [2.24, 2.45) is 0 Å². The van der Waals surface area contributed by atoms with Crippen LogP contribution < -0.4 is 9.47 Å². The van der Waals surface area contributed by atoms with Crippen molar-refractivity contribution in [3.05, 3.63) is 35.5 Å². The Labute approximate surface area is 104 Å². The Hall–Kier alpha value is -1.81. The van der Waals surface area contributed by atoms with Crippen LogP contribution in [0.5, 0.6) is 11.9 Å². The maximum Gasteiger partial charge on any atom is 0.319 e. The van der Waals surface area contributed by atoms with Gasteiger partial charge in [0.2, 0.25) is 5.88 Å². The third-order valence-electron chi connectivity index (χ3n) is 2.21. The first-order valence-corrected chi connectivity index (χ1v) is 5.25. The van der Waals surface area contributed by atoms with Crippen molar-refractivity contribution in [3.63, 3.8) is 0 Å². The molecule has 1 aromatic heterocycles. The molecule has 0 bridgehead atoms. The van der Waals surface area contributed by atoms with Crippen LogP contribution in [-0.2, 0) is 0 Å². The fourth-order valence-electron chi connectivity index (χ4n) is 1.42. The van der Waals surface area contributed by atoms with Crippen molar-refractivity contribution >= 4 is 11.6 Å². The van der Waals surface area contributed by atoms with E-state index in [1.807, 2.05) is 6.07 Å². The number of rotatable bonds is 3. The molecule has 87 valence electrons. The van der Waals surface area contributed by atoms with Crippen LogP contribution in [0.2, 0.25) is 5.02 Å². The van der Waals surface area contributed by atoms with Gasteiger partial charge in [0.15, 0.2) is 0 Å². The molecule has 0 atom stereocenters.